The second-order valence-corrected chi connectivity index (χ2v) is 8.37. The van der Waals surface area contributed by atoms with Crippen molar-refractivity contribution in [3.8, 4) is 6.07 Å². The highest BCUT2D eigenvalue weighted by atomic mass is 35.5. The van der Waals surface area contributed by atoms with Crippen molar-refractivity contribution in [1.82, 2.24) is 9.78 Å². The van der Waals surface area contributed by atoms with Gasteiger partial charge in [-0.25, -0.2) is 0 Å². The SMILES string of the molecule is CC(=NOCC1CC1)C(C#N)=C(OC(=O)C(C)(C)C)c1c(C(F)(F)F)nn(C)c1Cl. The molecule has 164 valence electrons. The minimum Gasteiger partial charge on any atom is -0.424 e. The molecule has 0 amide bonds. The van der Waals surface area contributed by atoms with E-state index in [1.807, 2.05) is 0 Å². The Morgan fingerprint density at radius 1 is 1.37 bits per heavy atom. The van der Waals surface area contributed by atoms with E-state index >= 15 is 0 Å². The summed E-state index contributed by atoms with van der Waals surface area (Å²) in [5, 5.41) is 16.4. The number of nitrogens with zero attached hydrogens (tertiary/aromatic N) is 4. The molecule has 30 heavy (non-hydrogen) atoms. The van der Waals surface area contributed by atoms with E-state index in [4.69, 9.17) is 21.2 Å². The molecule has 0 saturated heterocycles. The van der Waals surface area contributed by atoms with Crippen molar-refractivity contribution in [3.05, 3.63) is 22.0 Å². The zero-order chi connectivity index (χ0) is 22.9. The fourth-order valence-electron chi connectivity index (χ4n) is 2.24. The maximum Gasteiger partial charge on any atom is 0.435 e. The van der Waals surface area contributed by atoms with E-state index < -0.39 is 45.3 Å². The molecular weight excluding hydrogens is 425 g/mol. The summed E-state index contributed by atoms with van der Waals surface area (Å²) >= 11 is 6.07. The lowest BCUT2D eigenvalue weighted by atomic mass is 9.97. The van der Waals surface area contributed by atoms with E-state index in [-0.39, 0.29) is 5.71 Å². The van der Waals surface area contributed by atoms with Crippen molar-refractivity contribution >= 4 is 29.0 Å². The lowest BCUT2D eigenvalue weighted by Gasteiger charge is -2.19. The van der Waals surface area contributed by atoms with Crippen LogP contribution in [0.1, 0.15) is 51.8 Å². The lowest BCUT2D eigenvalue weighted by molar-refractivity contribution is -0.147. The van der Waals surface area contributed by atoms with Gasteiger partial charge in [-0.1, -0.05) is 16.8 Å². The molecule has 0 spiro atoms. The molecule has 7 nitrogen and oxygen atoms in total. The van der Waals surface area contributed by atoms with E-state index in [9.17, 15) is 23.2 Å². The number of carbonyl (C=O) groups is 1. The molecule has 0 bridgehead atoms. The van der Waals surface area contributed by atoms with Crippen LogP contribution >= 0.6 is 11.6 Å². The van der Waals surface area contributed by atoms with Gasteiger partial charge in [-0.2, -0.15) is 23.5 Å². The van der Waals surface area contributed by atoms with E-state index in [0.717, 1.165) is 17.5 Å². The van der Waals surface area contributed by atoms with Crippen molar-refractivity contribution in [3.63, 3.8) is 0 Å². The Hall–Kier alpha value is -2.54. The number of oxime groups is 1. The molecule has 0 N–H and O–H groups in total. The minimum absolute atomic E-state index is 0.0529. The predicted molar refractivity (Wildman–Crippen MR) is 103 cm³/mol. The second-order valence-electron chi connectivity index (χ2n) is 8.01. The molecule has 1 aromatic rings. The molecule has 0 radical (unpaired) electrons. The minimum atomic E-state index is -4.91. The number of hydrogen-bond donors (Lipinski definition) is 0. The number of aryl methyl sites for hydroxylation is 1. The number of esters is 1. The maximum absolute atomic E-state index is 13.6. The molecule has 1 saturated carbocycles. The van der Waals surface area contributed by atoms with Crippen LogP contribution in [0.2, 0.25) is 5.15 Å². The Morgan fingerprint density at radius 2 is 1.97 bits per heavy atom. The van der Waals surface area contributed by atoms with Gasteiger partial charge in [0.05, 0.1) is 16.7 Å². The second kappa shape index (κ2) is 8.68. The summed E-state index contributed by atoms with van der Waals surface area (Å²) in [5.74, 6) is -1.15. The number of halogens is 4. The first-order chi connectivity index (χ1) is 13.8. The maximum atomic E-state index is 13.6. The number of alkyl halides is 3. The third kappa shape index (κ3) is 5.53. The summed E-state index contributed by atoms with van der Waals surface area (Å²) in [5.41, 5.74) is -3.62. The summed E-state index contributed by atoms with van der Waals surface area (Å²) in [6.45, 7) is 6.26. The summed E-state index contributed by atoms with van der Waals surface area (Å²) in [4.78, 5) is 17.7. The first-order valence-corrected chi connectivity index (χ1v) is 9.48. The van der Waals surface area contributed by atoms with E-state index in [1.165, 1.54) is 34.7 Å². The van der Waals surface area contributed by atoms with Gasteiger partial charge in [0.2, 0.25) is 0 Å². The number of nitriles is 1. The number of allylic oxidation sites excluding steroid dienone is 1. The Kier molecular flexibility index (Phi) is 6.87. The van der Waals surface area contributed by atoms with Crippen LogP contribution in [-0.2, 0) is 27.6 Å². The van der Waals surface area contributed by atoms with Crippen LogP contribution in [0.3, 0.4) is 0 Å². The highest BCUT2D eigenvalue weighted by molar-refractivity contribution is 6.31. The standard InChI is InChI=1S/C19H22ClF3N4O3/c1-10(26-29-9-11-6-7-11)12(8-24)14(30-17(28)18(2,3)4)13-15(19(21,22)23)25-27(5)16(13)20/h11H,6-7,9H2,1-5H3. The number of ether oxygens (including phenoxy) is 1. The first-order valence-electron chi connectivity index (χ1n) is 9.11. The molecule has 0 atom stereocenters. The fraction of sp³-hybridized carbons (Fsp3) is 0.579. The third-order valence-corrected chi connectivity index (χ3v) is 4.62. The van der Waals surface area contributed by atoms with Gasteiger partial charge < -0.3 is 9.57 Å². The van der Waals surface area contributed by atoms with Crippen molar-refractivity contribution in [2.45, 2.75) is 46.7 Å². The number of rotatable bonds is 6. The van der Waals surface area contributed by atoms with Crippen LogP contribution in [0.4, 0.5) is 13.2 Å². The lowest BCUT2D eigenvalue weighted by Crippen LogP contribution is -2.24. The zero-order valence-electron chi connectivity index (χ0n) is 17.2. The first kappa shape index (κ1) is 23.7. The number of carbonyl (C=O) groups excluding carboxylic acids is 1. The van der Waals surface area contributed by atoms with Crippen molar-refractivity contribution in [2.24, 2.45) is 23.5 Å². The van der Waals surface area contributed by atoms with Gasteiger partial charge in [0.15, 0.2) is 11.5 Å². The number of aromatic nitrogens is 2. The van der Waals surface area contributed by atoms with Gasteiger partial charge >= 0.3 is 12.1 Å². The van der Waals surface area contributed by atoms with Crippen molar-refractivity contribution in [2.75, 3.05) is 6.61 Å². The van der Waals surface area contributed by atoms with Crippen LogP contribution in [0, 0.1) is 22.7 Å². The summed E-state index contributed by atoms with van der Waals surface area (Å²) < 4.78 is 46.9. The Labute approximate surface area is 177 Å². The molecule has 0 unspecified atom stereocenters. The average Bonchev–Trinajstić information content (AvgIpc) is 3.38. The van der Waals surface area contributed by atoms with Gasteiger partial charge in [0.25, 0.3) is 0 Å². The van der Waals surface area contributed by atoms with E-state index in [2.05, 4.69) is 10.3 Å². The largest absolute Gasteiger partial charge is 0.435 e. The van der Waals surface area contributed by atoms with E-state index in [0.29, 0.717) is 12.5 Å². The smallest absolute Gasteiger partial charge is 0.424 e. The highest BCUT2D eigenvalue weighted by Crippen LogP contribution is 2.40. The van der Waals surface area contributed by atoms with Gasteiger partial charge in [-0.05, 0) is 46.5 Å². The van der Waals surface area contributed by atoms with Gasteiger partial charge in [0, 0.05) is 7.05 Å². The van der Waals surface area contributed by atoms with Crippen LogP contribution in [0.15, 0.2) is 10.7 Å². The predicted octanol–water partition coefficient (Wildman–Crippen LogP) is 4.72. The normalized spacial score (nSPS) is 16.1. The molecule has 0 aliphatic heterocycles. The molecule has 0 aromatic carbocycles. The molecule has 11 heteroatoms. The van der Waals surface area contributed by atoms with Gasteiger partial charge in [-0.15, -0.1) is 0 Å². The van der Waals surface area contributed by atoms with Crippen molar-refractivity contribution < 1.29 is 27.5 Å². The van der Waals surface area contributed by atoms with Crippen LogP contribution in [0.25, 0.3) is 5.76 Å². The van der Waals surface area contributed by atoms with Crippen molar-refractivity contribution in [1.29, 1.82) is 5.26 Å². The summed E-state index contributed by atoms with van der Waals surface area (Å²) in [7, 11) is 1.20. The Morgan fingerprint density at radius 3 is 2.43 bits per heavy atom. The monoisotopic (exact) mass is 446 g/mol. The van der Waals surface area contributed by atoms with Crippen LogP contribution in [0.5, 0.6) is 0 Å². The van der Waals surface area contributed by atoms with Crippen LogP contribution < -0.4 is 0 Å². The fourth-order valence-corrected chi connectivity index (χ4v) is 2.45. The molecule has 1 aliphatic rings. The Bertz CT molecular complexity index is 933. The van der Waals surface area contributed by atoms with Crippen LogP contribution in [-0.4, -0.2) is 28.1 Å². The average molecular weight is 447 g/mol. The molecule has 1 fully saturated rings. The Balaban J connectivity index is 2.67. The quantitative estimate of drug-likeness (QED) is 0.207. The molecule has 2 rings (SSSR count). The highest BCUT2D eigenvalue weighted by Gasteiger charge is 2.42. The molecule has 1 aromatic heterocycles. The molecule has 1 heterocycles. The van der Waals surface area contributed by atoms with Gasteiger partial charge in [0.1, 0.15) is 23.4 Å². The number of hydrogen-bond acceptors (Lipinski definition) is 6. The topological polar surface area (TPSA) is 89.5 Å². The van der Waals surface area contributed by atoms with E-state index in [1.54, 1.807) is 6.07 Å². The van der Waals surface area contributed by atoms with Gasteiger partial charge in [-0.3, -0.25) is 9.48 Å². The molecular formula is C19H22ClF3N4O3. The summed E-state index contributed by atoms with van der Waals surface area (Å²) in [6.07, 6.45) is -2.90. The third-order valence-electron chi connectivity index (χ3n) is 4.19. The summed E-state index contributed by atoms with van der Waals surface area (Å²) in [6, 6.07) is 1.75. The molecule has 1 aliphatic carbocycles. The zero-order valence-corrected chi connectivity index (χ0v) is 18.0.